The second kappa shape index (κ2) is 5.35. The Balaban J connectivity index is 0.000000490. The van der Waals surface area contributed by atoms with Gasteiger partial charge >= 0.3 is 51.4 Å². The fraction of sp³-hybridized carbons (Fsp3) is 1.00. The summed E-state index contributed by atoms with van der Waals surface area (Å²) < 4.78 is 0. The summed E-state index contributed by atoms with van der Waals surface area (Å²) in [5.74, 6) is 0. The third-order valence-electron chi connectivity index (χ3n) is 1.28. The van der Waals surface area contributed by atoms with Crippen LogP contribution in [0.3, 0.4) is 0 Å². The van der Waals surface area contributed by atoms with E-state index in [4.69, 9.17) is 0 Å². The third-order valence-corrected chi connectivity index (χ3v) is 1.28. The largest absolute Gasteiger partial charge is 1.00 e. The fourth-order valence-electron chi connectivity index (χ4n) is 0.706. The molecular formula is C5H11KN2. The molecule has 8 heavy (non-hydrogen) atoms. The Kier molecular flexibility index (Phi) is 6.39. The molecule has 0 unspecified atom stereocenters. The Morgan fingerprint density at radius 2 is 1.75 bits per heavy atom. The Bertz CT molecular complexity index is 52.4. The van der Waals surface area contributed by atoms with Crippen LogP contribution in [0.25, 0.3) is 5.32 Å². The van der Waals surface area contributed by atoms with Gasteiger partial charge in [0.15, 0.2) is 0 Å². The van der Waals surface area contributed by atoms with Crippen LogP contribution in [-0.4, -0.2) is 38.1 Å². The Morgan fingerprint density at radius 3 is 2.00 bits per heavy atom. The zero-order chi connectivity index (χ0) is 5.11. The molecule has 0 aromatic carbocycles. The number of piperazine rings is 1. The predicted octanol–water partition coefficient (Wildman–Crippen LogP) is -2.69. The number of hydrogen-bond acceptors (Lipinski definition) is 1. The summed E-state index contributed by atoms with van der Waals surface area (Å²) in [6, 6.07) is 0. The molecule has 0 amide bonds. The van der Waals surface area contributed by atoms with Gasteiger partial charge in [0.05, 0.1) is 0 Å². The van der Waals surface area contributed by atoms with Crippen molar-refractivity contribution in [3.8, 4) is 0 Å². The van der Waals surface area contributed by atoms with E-state index in [1.807, 2.05) is 0 Å². The SMILES string of the molecule is CN1CC[N-]CC1.[K+]. The van der Waals surface area contributed by atoms with Crippen LogP contribution in [0, 0.1) is 0 Å². The third kappa shape index (κ3) is 3.56. The smallest absolute Gasteiger partial charge is 0.660 e. The van der Waals surface area contributed by atoms with Gasteiger partial charge in [-0.3, -0.25) is 0 Å². The van der Waals surface area contributed by atoms with Crippen molar-refractivity contribution in [1.29, 1.82) is 0 Å². The van der Waals surface area contributed by atoms with Crippen molar-refractivity contribution >= 4 is 0 Å². The van der Waals surface area contributed by atoms with Crippen LogP contribution in [0.1, 0.15) is 0 Å². The van der Waals surface area contributed by atoms with Gasteiger partial charge in [-0.15, -0.1) is 13.1 Å². The van der Waals surface area contributed by atoms with Crippen molar-refractivity contribution < 1.29 is 51.4 Å². The van der Waals surface area contributed by atoms with E-state index in [1.54, 1.807) is 0 Å². The maximum atomic E-state index is 4.19. The van der Waals surface area contributed by atoms with Gasteiger partial charge in [0.1, 0.15) is 0 Å². The van der Waals surface area contributed by atoms with Gasteiger partial charge in [-0.2, -0.15) is 0 Å². The van der Waals surface area contributed by atoms with Crippen molar-refractivity contribution in [3.63, 3.8) is 0 Å². The van der Waals surface area contributed by atoms with Gasteiger partial charge in [0, 0.05) is 0 Å². The quantitative estimate of drug-likeness (QED) is 0.333. The van der Waals surface area contributed by atoms with Gasteiger partial charge in [0.25, 0.3) is 0 Å². The van der Waals surface area contributed by atoms with Crippen LogP contribution in [0.4, 0.5) is 0 Å². The van der Waals surface area contributed by atoms with E-state index in [-0.39, 0.29) is 51.4 Å². The van der Waals surface area contributed by atoms with Crippen LogP contribution in [0.5, 0.6) is 0 Å². The molecule has 2 nitrogen and oxygen atoms in total. The first-order chi connectivity index (χ1) is 3.39. The second-order valence-electron chi connectivity index (χ2n) is 1.97. The van der Waals surface area contributed by atoms with Gasteiger partial charge in [0.2, 0.25) is 0 Å². The molecule has 0 bridgehead atoms. The minimum absolute atomic E-state index is 0. The van der Waals surface area contributed by atoms with E-state index in [0.717, 1.165) is 26.2 Å². The first-order valence-corrected chi connectivity index (χ1v) is 2.71. The first-order valence-electron chi connectivity index (χ1n) is 2.71. The van der Waals surface area contributed by atoms with Crippen molar-refractivity contribution in [2.45, 2.75) is 0 Å². The zero-order valence-electron chi connectivity index (χ0n) is 5.72. The molecule has 1 saturated heterocycles. The molecule has 0 spiro atoms. The topological polar surface area (TPSA) is 17.3 Å². The van der Waals surface area contributed by atoms with E-state index in [1.165, 1.54) is 0 Å². The minimum Gasteiger partial charge on any atom is -0.660 e. The molecule has 3 heteroatoms. The Hall–Kier alpha value is 1.56. The van der Waals surface area contributed by atoms with Gasteiger partial charge in [-0.05, 0) is 20.1 Å². The molecule has 0 radical (unpaired) electrons. The fourth-order valence-corrected chi connectivity index (χ4v) is 0.706. The van der Waals surface area contributed by atoms with E-state index >= 15 is 0 Å². The summed E-state index contributed by atoms with van der Waals surface area (Å²) in [6.07, 6.45) is 0. The molecular weight excluding hydrogens is 127 g/mol. The molecule has 1 heterocycles. The van der Waals surface area contributed by atoms with Crippen LogP contribution >= 0.6 is 0 Å². The Labute approximate surface area is 93.4 Å². The summed E-state index contributed by atoms with van der Waals surface area (Å²) in [7, 11) is 2.13. The van der Waals surface area contributed by atoms with E-state index in [2.05, 4.69) is 17.3 Å². The molecule has 0 N–H and O–H groups in total. The summed E-state index contributed by atoms with van der Waals surface area (Å²) in [4.78, 5) is 2.30. The van der Waals surface area contributed by atoms with Crippen molar-refractivity contribution in [1.82, 2.24) is 4.90 Å². The molecule has 42 valence electrons. The summed E-state index contributed by atoms with van der Waals surface area (Å²) >= 11 is 0. The normalized spacial score (nSPS) is 22.1. The molecule has 0 aliphatic carbocycles. The standard InChI is InChI=1S/C5H11N2.K/c1-7-4-2-6-3-5-7;/h2-5H2,1H3;/q-1;+1. The van der Waals surface area contributed by atoms with Crippen LogP contribution in [0.15, 0.2) is 0 Å². The molecule has 1 aliphatic heterocycles. The van der Waals surface area contributed by atoms with Crippen LogP contribution in [0.2, 0.25) is 0 Å². The molecule has 1 rings (SSSR count). The van der Waals surface area contributed by atoms with Gasteiger partial charge in [-0.25, -0.2) is 0 Å². The van der Waals surface area contributed by atoms with Crippen LogP contribution < -0.4 is 51.4 Å². The van der Waals surface area contributed by atoms with Gasteiger partial charge in [-0.1, -0.05) is 0 Å². The monoisotopic (exact) mass is 138 g/mol. The molecule has 0 saturated carbocycles. The first kappa shape index (κ1) is 9.56. The molecule has 1 fully saturated rings. The number of nitrogens with zero attached hydrogens (tertiary/aromatic N) is 2. The number of rotatable bonds is 0. The molecule has 0 atom stereocenters. The maximum absolute atomic E-state index is 4.19. The van der Waals surface area contributed by atoms with Crippen LogP contribution in [-0.2, 0) is 0 Å². The Morgan fingerprint density at radius 1 is 1.25 bits per heavy atom. The van der Waals surface area contributed by atoms with Crippen molar-refractivity contribution in [3.05, 3.63) is 5.32 Å². The second-order valence-corrected chi connectivity index (χ2v) is 1.97. The van der Waals surface area contributed by atoms with Crippen molar-refractivity contribution in [2.24, 2.45) is 0 Å². The number of likely N-dealkylation sites (N-methyl/N-ethyl adjacent to an activating group) is 1. The van der Waals surface area contributed by atoms with E-state index < -0.39 is 0 Å². The summed E-state index contributed by atoms with van der Waals surface area (Å²) in [5.41, 5.74) is 0. The maximum Gasteiger partial charge on any atom is 1.00 e. The average Bonchev–Trinajstić information content (AvgIpc) is 1.69. The van der Waals surface area contributed by atoms with E-state index in [9.17, 15) is 0 Å². The summed E-state index contributed by atoms with van der Waals surface area (Å²) in [5, 5.41) is 4.19. The van der Waals surface area contributed by atoms with Gasteiger partial charge < -0.3 is 10.2 Å². The molecule has 1 aliphatic rings. The van der Waals surface area contributed by atoms with E-state index in [0.29, 0.717) is 0 Å². The zero-order valence-corrected chi connectivity index (χ0v) is 8.85. The number of hydrogen-bond donors (Lipinski definition) is 0. The molecule has 0 aromatic rings. The minimum atomic E-state index is 0. The average molecular weight is 138 g/mol. The van der Waals surface area contributed by atoms with Crippen molar-refractivity contribution in [2.75, 3.05) is 33.2 Å². The molecule has 0 aromatic heterocycles. The summed E-state index contributed by atoms with van der Waals surface area (Å²) in [6.45, 7) is 4.38. The predicted molar refractivity (Wildman–Crippen MR) is 30.6 cm³/mol.